The van der Waals surface area contributed by atoms with Crippen molar-refractivity contribution in [1.29, 1.82) is 0 Å². The highest BCUT2D eigenvalue weighted by molar-refractivity contribution is 6.04. The van der Waals surface area contributed by atoms with E-state index in [9.17, 15) is 9.59 Å². The van der Waals surface area contributed by atoms with Crippen LogP contribution in [0.25, 0.3) is 0 Å². The first kappa shape index (κ1) is 22.8. The summed E-state index contributed by atoms with van der Waals surface area (Å²) >= 11 is 0. The second-order valence-corrected chi connectivity index (χ2v) is 6.56. The van der Waals surface area contributed by atoms with Gasteiger partial charge < -0.3 is 35.1 Å². The summed E-state index contributed by atoms with van der Waals surface area (Å²) in [6, 6.07) is 9.72. The SMILES string of the molecule is COCCNC(=O)c1cc(NC(=O)Nc2cc(OC)cc(OC)c2)ccc1N(C)C. The van der Waals surface area contributed by atoms with Gasteiger partial charge in [0.1, 0.15) is 11.5 Å². The number of methoxy groups -OCH3 is 3. The smallest absolute Gasteiger partial charge is 0.323 e. The predicted octanol–water partition coefficient (Wildman–Crippen LogP) is 2.79. The molecule has 0 aliphatic rings. The molecule has 0 bridgehead atoms. The van der Waals surface area contributed by atoms with Gasteiger partial charge in [0.15, 0.2) is 0 Å². The van der Waals surface area contributed by atoms with Crippen molar-refractivity contribution in [3.8, 4) is 11.5 Å². The van der Waals surface area contributed by atoms with E-state index in [1.807, 2.05) is 19.0 Å². The molecule has 0 unspecified atom stereocenters. The summed E-state index contributed by atoms with van der Waals surface area (Å²) < 4.78 is 15.4. The summed E-state index contributed by atoms with van der Waals surface area (Å²) in [5, 5.41) is 8.26. The Morgan fingerprint density at radius 3 is 2.10 bits per heavy atom. The first-order chi connectivity index (χ1) is 14.4. The fraction of sp³-hybridized carbons (Fsp3) is 0.333. The molecule has 2 aromatic carbocycles. The van der Waals surface area contributed by atoms with E-state index in [2.05, 4.69) is 16.0 Å². The molecule has 162 valence electrons. The zero-order chi connectivity index (χ0) is 22.1. The molecular weight excluding hydrogens is 388 g/mol. The van der Waals surface area contributed by atoms with E-state index < -0.39 is 6.03 Å². The Kier molecular flexibility index (Phi) is 8.30. The fourth-order valence-electron chi connectivity index (χ4n) is 2.72. The maximum atomic E-state index is 12.6. The third-order valence-electron chi connectivity index (χ3n) is 4.18. The topological polar surface area (TPSA) is 101 Å². The van der Waals surface area contributed by atoms with Crippen LogP contribution in [0.3, 0.4) is 0 Å². The molecule has 0 spiro atoms. The third-order valence-corrected chi connectivity index (χ3v) is 4.18. The van der Waals surface area contributed by atoms with E-state index in [1.165, 1.54) is 14.2 Å². The van der Waals surface area contributed by atoms with Crippen LogP contribution in [-0.2, 0) is 4.74 Å². The number of benzene rings is 2. The predicted molar refractivity (Wildman–Crippen MR) is 117 cm³/mol. The van der Waals surface area contributed by atoms with Crippen molar-refractivity contribution in [3.05, 3.63) is 42.0 Å². The van der Waals surface area contributed by atoms with E-state index in [0.717, 1.165) is 5.69 Å². The zero-order valence-corrected chi connectivity index (χ0v) is 17.9. The van der Waals surface area contributed by atoms with Crippen LogP contribution >= 0.6 is 0 Å². The molecule has 0 saturated carbocycles. The average molecular weight is 416 g/mol. The quantitative estimate of drug-likeness (QED) is 0.544. The van der Waals surface area contributed by atoms with Gasteiger partial charge in [0, 0.05) is 63.0 Å². The highest BCUT2D eigenvalue weighted by Crippen LogP contribution is 2.26. The molecule has 9 nitrogen and oxygen atoms in total. The number of carbonyl (C=O) groups excluding carboxylic acids is 2. The van der Waals surface area contributed by atoms with E-state index in [-0.39, 0.29) is 5.91 Å². The Labute approximate surface area is 176 Å². The molecule has 2 aromatic rings. The molecule has 0 aromatic heterocycles. The van der Waals surface area contributed by atoms with Gasteiger partial charge in [0.25, 0.3) is 5.91 Å². The van der Waals surface area contributed by atoms with Crippen LogP contribution in [0.5, 0.6) is 11.5 Å². The number of hydrogen-bond donors (Lipinski definition) is 3. The highest BCUT2D eigenvalue weighted by atomic mass is 16.5. The average Bonchev–Trinajstić information content (AvgIpc) is 2.73. The molecule has 0 radical (unpaired) electrons. The molecule has 0 aliphatic heterocycles. The first-order valence-corrected chi connectivity index (χ1v) is 9.27. The first-order valence-electron chi connectivity index (χ1n) is 9.27. The Balaban J connectivity index is 2.16. The van der Waals surface area contributed by atoms with E-state index in [0.29, 0.717) is 41.6 Å². The molecule has 9 heteroatoms. The molecule has 3 amide bonds. The van der Waals surface area contributed by atoms with Crippen LogP contribution in [-0.4, -0.2) is 60.5 Å². The Morgan fingerprint density at radius 1 is 0.900 bits per heavy atom. The summed E-state index contributed by atoms with van der Waals surface area (Å²) in [7, 11) is 8.32. The fourth-order valence-corrected chi connectivity index (χ4v) is 2.72. The number of carbonyl (C=O) groups is 2. The Hall–Kier alpha value is -3.46. The largest absolute Gasteiger partial charge is 0.497 e. The second kappa shape index (κ2) is 10.9. The number of hydrogen-bond acceptors (Lipinski definition) is 6. The number of anilines is 3. The van der Waals surface area contributed by atoms with E-state index in [4.69, 9.17) is 14.2 Å². The molecule has 0 atom stereocenters. The number of amides is 3. The molecule has 3 N–H and O–H groups in total. The summed E-state index contributed by atoms with van der Waals surface area (Å²) in [6.07, 6.45) is 0. The van der Waals surface area contributed by atoms with Crippen molar-refractivity contribution >= 4 is 29.0 Å². The summed E-state index contributed by atoms with van der Waals surface area (Å²) in [5.74, 6) is 0.849. The minimum absolute atomic E-state index is 0.252. The number of urea groups is 1. The van der Waals surface area contributed by atoms with Gasteiger partial charge in [0.05, 0.1) is 26.4 Å². The third kappa shape index (κ3) is 6.28. The van der Waals surface area contributed by atoms with Crippen LogP contribution < -0.4 is 30.3 Å². The van der Waals surface area contributed by atoms with Gasteiger partial charge in [-0.25, -0.2) is 4.79 Å². The van der Waals surface area contributed by atoms with Gasteiger partial charge in [-0.15, -0.1) is 0 Å². The Bertz CT molecular complexity index is 863. The second-order valence-electron chi connectivity index (χ2n) is 6.56. The van der Waals surface area contributed by atoms with Crippen LogP contribution in [0.2, 0.25) is 0 Å². The molecule has 0 heterocycles. The van der Waals surface area contributed by atoms with Crippen LogP contribution in [0.4, 0.5) is 21.9 Å². The maximum Gasteiger partial charge on any atom is 0.323 e. The lowest BCUT2D eigenvalue weighted by atomic mass is 10.1. The molecule has 0 fully saturated rings. The van der Waals surface area contributed by atoms with Crippen molar-refractivity contribution in [3.63, 3.8) is 0 Å². The monoisotopic (exact) mass is 416 g/mol. The zero-order valence-electron chi connectivity index (χ0n) is 17.9. The standard InChI is InChI=1S/C21H28N4O5/c1-25(2)19-7-6-14(12-18(19)20(26)22-8-9-28-3)23-21(27)24-15-10-16(29-4)13-17(11-15)30-5/h6-7,10-13H,8-9H2,1-5H3,(H,22,26)(H2,23,24,27). The van der Waals surface area contributed by atoms with Gasteiger partial charge in [-0.2, -0.15) is 0 Å². The molecule has 30 heavy (non-hydrogen) atoms. The lowest BCUT2D eigenvalue weighted by Gasteiger charge is -2.18. The van der Waals surface area contributed by atoms with Crippen LogP contribution in [0.15, 0.2) is 36.4 Å². The normalized spacial score (nSPS) is 10.2. The molecule has 0 saturated heterocycles. The van der Waals surface area contributed by atoms with Gasteiger partial charge in [-0.05, 0) is 18.2 Å². The summed E-state index contributed by atoms with van der Waals surface area (Å²) in [5.41, 5.74) is 2.15. The van der Waals surface area contributed by atoms with Crippen molar-refractivity contribution < 1.29 is 23.8 Å². The molecule has 0 aliphatic carbocycles. The minimum atomic E-state index is -0.464. The molecule has 2 rings (SSSR count). The van der Waals surface area contributed by atoms with Gasteiger partial charge >= 0.3 is 6.03 Å². The van der Waals surface area contributed by atoms with E-state index in [1.54, 1.807) is 43.5 Å². The van der Waals surface area contributed by atoms with Gasteiger partial charge in [-0.1, -0.05) is 0 Å². The highest BCUT2D eigenvalue weighted by Gasteiger charge is 2.15. The number of nitrogens with zero attached hydrogens (tertiary/aromatic N) is 1. The van der Waals surface area contributed by atoms with Gasteiger partial charge in [0.2, 0.25) is 0 Å². The van der Waals surface area contributed by atoms with Crippen molar-refractivity contribution in [2.45, 2.75) is 0 Å². The van der Waals surface area contributed by atoms with Crippen LogP contribution in [0, 0.1) is 0 Å². The number of nitrogens with one attached hydrogen (secondary N) is 3. The Morgan fingerprint density at radius 2 is 1.53 bits per heavy atom. The van der Waals surface area contributed by atoms with Crippen LogP contribution in [0.1, 0.15) is 10.4 Å². The van der Waals surface area contributed by atoms with E-state index >= 15 is 0 Å². The summed E-state index contributed by atoms with van der Waals surface area (Å²) in [6.45, 7) is 0.797. The molecular formula is C21H28N4O5. The lowest BCUT2D eigenvalue weighted by molar-refractivity contribution is 0.0937. The number of ether oxygens (including phenoxy) is 3. The maximum absolute atomic E-state index is 12.6. The summed E-state index contributed by atoms with van der Waals surface area (Å²) in [4.78, 5) is 26.9. The van der Waals surface area contributed by atoms with Crippen molar-refractivity contribution in [2.24, 2.45) is 0 Å². The van der Waals surface area contributed by atoms with Crippen molar-refractivity contribution in [1.82, 2.24) is 5.32 Å². The lowest BCUT2D eigenvalue weighted by Crippen LogP contribution is -2.29. The van der Waals surface area contributed by atoms with Gasteiger partial charge in [-0.3, -0.25) is 4.79 Å². The minimum Gasteiger partial charge on any atom is -0.497 e. The number of rotatable bonds is 9. The van der Waals surface area contributed by atoms with Crippen molar-refractivity contribution in [2.75, 3.05) is 64.1 Å².